The minimum Gasteiger partial charge on any atom is -0.477 e. The van der Waals surface area contributed by atoms with Crippen molar-refractivity contribution in [1.29, 1.82) is 0 Å². The molecular weight excluding hydrogens is 306 g/mol. The van der Waals surface area contributed by atoms with Gasteiger partial charge in [0.1, 0.15) is 5.56 Å². The van der Waals surface area contributed by atoms with E-state index in [0.717, 1.165) is 25.2 Å². The number of pyridine rings is 1. The Bertz CT molecular complexity index is 606. The molecule has 1 saturated heterocycles. The van der Waals surface area contributed by atoms with Gasteiger partial charge < -0.3 is 14.6 Å². The van der Waals surface area contributed by atoms with Crippen molar-refractivity contribution in [3.05, 3.63) is 24.2 Å². The molecule has 2 aromatic heterocycles. The average Bonchev–Trinajstić information content (AvgIpc) is 2.98. The maximum Gasteiger partial charge on any atom is 0.263 e. The quantitative estimate of drug-likeness (QED) is 0.913. The predicted octanol–water partition coefficient (Wildman–Crippen LogP) is 1.53. The summed E-state index contributed by atoms with van der Waals surface area (Å²) in [4.78, 5) is 10.9. The summed E-state index contributed by atoms with van der Waals surface area (Å²) in [5.74, 6) is 1.65. The number of aromatic nitrogens is 3. The van der Waals surface area contributed by atoms with Crippen molar-refractivity contribution in [2.24, 2.45) is 0 Å². The molecule has 1 atom stereocenters. The Hall–Kier alpha value is -1.70. The normalized spacial score (nSPS) is 18.7. The summed E-state index contributed by atoms with van der Waals surface area (Å²) < 4.78 is 10.9. The van der Waals surface area contributed by atoms with Crippen molar-refractivity contribution in [2.75, 3.05) is 33.3 Å². The van der Waals surface area contributed by atoms with Crippen LogP contribution in [-0.4, -0.2) is 53.3 Å². The first-order valence-corrected chi connectivity index (χ1v) is 7.12. The number of nitrogens with one attached hydrogen (secondary N) is 1. The fourth-order valence-corrected chi connectivity index (χ4v) is 2.38. The van der Waals surface area contributed by atoms with Crippen LogP contribution in [0.15, 0.2) is 22.9 Å². The molecule has 1 N–H and O–H groups in total. The molecular formula is C14H20ClN5O2. The number of halogens is 1. The van der Waals surface area contributed by atoms with Gasteiger partial charge in [0.25, 0.3) is 5.89 Å². The van der Waals surface area contributed by atoms with E-state index in [1.807, 2.05) is 19.1 Å². The minimum atomic E-state index is 0. The lowest BCUT2D eigenvalue weighted by molar-refractivity contribution is 0.190. The van der Waals surface area contributed by atoms with Gasteiger partial charge in [-0.15, -0.1) is 12.4 Å². The largest absolute Gasteiger partial charge is 0.477 e. The molecule has 1 fully saturated rings. The topological polar surface area (TPSA) is 76.3 Å². The zero-order valence-corrected chi connectivity index (χ0v) is 13.5. The Morgan fingerprint density at radius 2 is 2.36 bits per heavy atom. The number of nitrogens with zero attached hydrogens (tertiary/aromatic N) is 4. The van der Waals surface area contributed by atoms with Gasteiger partial charge in [-0.2, -0.15) is 4.98 Å². The van der Waals surface area contributed by atoms with E-state index in [1.54, 1.807) is 6.20 Å². The van der Waals surface area contributed by atoms with Gasteiger partial charge >= 0.3 is 0 Å². The van der Waals surface area contributed by atoms with Crippen LogP contribution < -0.4 is 10.1 Å². The van der Waals surface area contributed by atoms with Crippen molar-refractivity contribution in [1.82, 2.24) is 25.3 Å². The highest BCUT2D eigenvalue weighted by Gasteiger charge is 2.26. The highest BCUT2D eigenvalue weighted by Crippen LogP contribution is 2.28. The van der Waals surface area contributed by atoms with E-state index < -0.39 is 0 Å². The van der Waals surface area contributed by atoms with Gasteiger partial charge in [0, 0.05) is 25.8 Å². The van der Waals surface area contributed by atoms with Gasteiger partial charge in [0.2, 0.25) is 5.88 Å². The smallest absolute Gasteiger partial charge is 0.263 e. The van der Waals surface area contributed by atoms with E-state index in [2.05, 4.69) is 32.4 Å². The molecule has 120 valence electrons. The van der Waals surface area contributed by atoms with Crippen LogP contribution in [0.25, 0.3) is 11.5 Å². The molecule has 0 bridgehead atoms. The molecule has 0 aromatic carbocycles. The number of ether oxygens (including phenoxy) is 1. The Morgan fingerprint density at radius 3 is 3.14 bits per heavy atom. The number of hydrogen-bond acceptors (Lipinski definition) is 7. The fourth-order valence-electron chi connectivity index (χ4n) is 2.38. The summed E-state index contributed by atoms with van der Waals surface area (Å²) in [5.41, 5.74) is 0.726. The maximum absolute atomic E-state index is 5.51. The van der Waals surface area contributed by atoms with Crippen LogP contribution in [-0.2, 0) is 0 Å². The SMILES string of the molecule is CCOc1ncccc1-c1nc(C2CNCCN2C)no1.Cl. The first-order chi connectivity index (χ1) is 10.3. The van der Waals surface area contributed by atoms with Crippen LogP contribution in [0, 0.1) is 0 Å². The van der Waals surface area contributed by atoms with Crippen molar-refractivity contribution >= 4 is 12.4 Å². The molecule has 0 spiro atoms. The van der Waals surface area contributed by atoms with Gasteiger partial charge in [-0.05, 0) is 26.1 Å². The van der Waals surface area contributed by atoms with E-state index in [9.17, 15) is 0 Å². The summed E-state index contributed by atoms with van der Waals surface area (Å²) in [6, 6.07) is 3.83. The molecule has 0 saturated carbocycles. The van der Waals surface area contributed by atoms with Crippen LogP contribution in [0.2, 0.25) is 0 Å². The number of hydrogen-bond donors (Lipinski definition) is 1. The minimum absolute atomic E-state index is 0. The molecule has 3 rings (SSSR count). The van der Waals surface area contributed by atoms with Gasteiger partial charge in [-0.3, -0.25) is 4.90 Å². The van der Waals surface area contributed by atoms with Gasteiger partial charge in [-0.1, -0.05) is 5.16 Å². The predicted molar refractivity (Wildman–Crippen MR) is 84.2 cm³/mol. The first kappa shape index (κ1) is 16.7. The summed E-state index contributed by atoms with van der Waals surface area (Å²) in [7, 11) is 2.07. The third kappa shape index (κ3) is 3.37. The lowest BCUT2D eigenvalue weighted by Gasteiger charge is -2.30. The molecule has 0 aliphatic carbocycles. The number of rotatable bonds is 4. The Kier molecular flexibility index (Phi) is 5.70. The van der Waals surface area contributed by atoms with Crippen molar-refractivity contribution in [3.63, 3.8) is 0 Å². The van der Waals surface area contributed by atoms with Crippen LogP contribution in [0.1, 0.15) is 18.8 Å². The van der Waals surface area contributed by atoms with E-state index in [1.165, 1.54) is 0 Å². The van der Waals surface area contributed by atoms with Crippen LogP contribution in [0.4, 0.5) is 0 Å². The first-order valence-electron chi connectivity index (χ1n) is 7.12. The molecule has 1 aliphatic heterocycles. The molecule has 22 heavy (non-hydrogen) atoms. The van der Waals surface area contributed by atoms with Crippen LogP contribution >= 0.6 is 12.4 Å². The molecule has 7 nitrogen and oxygen atoms in total. The van der Waals surface area contributed by atoms with Crippen LogP contribution in [0.3, 0.4) is 0 Å². The monoisotopic (exact) mass is 325 g/mol. The Balaban J connectivity index is 0.00000176. The lowest BCUT2D eigenvalue weighted by Crippen LogP contribution is -2.44. The van der Waals surface area contributed by atoms with Gasteiger partial charge in [-0.25, -0.2) is 4.98 Å². The van der Waals surface area contributed by atoms with Gasteiger partial charge in [0.15, 0.2) is 5.82 Å². The van der Waals surface area contributed by atoms with Crippen molar-refractivity contribution < 1.29 is 9.26 Å². The van der Waals surface area contributed by atoms with Crippen molar-refractivity contribution in [3.8, 4) is 17.3 Å². The molecule has 2 aromatic rings. The maximum atomic E-state index is 5.51. The second kappa shape index (κ2) is 7.53. The summed E-state index contributed by atoms with van der Waals surface area (Å²) in [6.45, 7) is 5.22. The van der Waals surface area contributed by atoms with E-state index in [-0.39, 0.29) is 18.4 Å². The molecule has 8 heteroatoms. The number of likely N-dealkylation sites (N-methyl/N-ethyl adjacent to an activating group) is 1. The fraction of sp³-hybridized carbons (Fsp3) is 0.500. The average molecular weight is 326 g/mol. The summed E-state index contributed by atoms with van der Waals surface area (Å²) in [6.07, 6.45) is 1.69. The lowest BCUT2D eigenvalue weighted by atomic mass is 10.2. The highest BCUT2D eigenvalue weighted by atomic mass is 35.5. The summed E-state index contributed by atoms with van der Waals surface area (Å²) in [5, 5.41) is 7.46. The molecule has 0 radical (unpaired) electrons. The van der Waals surface area contributed by atoms with Gasteiger partial charge in [0.05, 0.1) is 12.6 Å². The second-order valence-electron chi connectivity index (χ2n) is 4.95. The van der Waals surface area contributed by atoms with Crippen LogP contribution in [0.5, 0.6) is 5.88 Å². The molecule has 3 heterocycles. The Morgan fingerprint density at radius 1 is 1.50 bits per heavy atom. The third-order valence-electron chi connectivity index (χ3n) is 3.53. The second-order valence-corrected chi connectivity index (χ2v) is 4.95. The summed E-state index contributed by atoms with van der Waals surface area (Å²) >= 11 is 0. The molecule has 1 unspecified atom stereocenters. The number of piperazine rings is 1. The van der Waals surface area contributed by atoms with E-state index in [4.69, 9.17) is 9.26 Å². The van der Waals surface area contributed by atoms with E-state index >= 15 is 0 Å². The van der Waals surface area contributed by atoms with E-state index in [0.29, 0.717) is 24.2 Å². The zero-order valence-electron chi connectivity index (χ0n) is 12.7. The highest BCUT2D eigenvalue weighted by molar-refractivity contribution is 5.85. The zero-order chi connectivity index (χ0) is 14.7. The molecule has 0 amide bonds. The third-order valence-corrected chi connectivity index (χ3v) is 3.53. The molecule has 1 aliphatic rings. The standard InChI is InChI=1S/C14H19N5O2.ClH/c1-3-20-13-10(5-4-6-16-13)14-17-12(18-21-14)11-9-15-7-8-19(11)2;/h4-6,11,15H,3,7-9H2,1-2H3;1H. The Labute approximate surface area is 135 Å². The van der Waals surface area contributed by atoms with Crippen molar-refractivity contribution in [2.45, 2.75) is 13.0 Å².